The van der Waals surface area contributed by atoms with E-state index in [-0.39, 0.29) is 5.91 Å². The first-order valence-electron chi connectivity index (χ1n) is 8.69. The van der Waals surface area contributed by atoms with Crippen molar-refractivity contribution in [2.45, 2.75) is 13.5 Å². The van der Waals surface area contributed by atoms with Gasteiger partial charge >= 0.3 is 0 Å². The lowest BCUT2D eigenvalue weighted by atomic mass is 10.1. The van der Waals surface area contributed by atoms with Crippen LogP contribution in [0.5, 0.6) is 0 Å². The molecule has 6 heteroatoms. The molecule has 3 heterocycles. The third-order valence-electron chi connectivity index (χ3n) is 4.78. The molecular formula is C20H21N5O. The molecule has 0 saturated heterocycles. The van der Waals surface area contributed by atoms with Crippen molar-refractivity contribution in [3.05, 3.63) is 71.7 Å². The second-order valence-corrected chi connectivity index (χ2v) is 6.57. The van der Waals surface area contributed by atoms with Gasteiger partial charge in [-0.05, 0) is 37.7 Å². The Morgan fingerprint density at radius 3 is 2.69 bits per heavy atom. The number of amides is 1. The maximum atomic E-state index is 13.3. The minimum absolute atomic E-state index is 0.0209. The van der Waals surface area contributed by atoms with Crippen LogP contribution in [-0.2, 0) is 6.54 Å². The maximum absolute atomic E-state index is 13.3. The highest BCUT2D eigenvalue weighted by atomic mass is 16.2. The number of hydrogen-bond acceptors (Lipinski definition) is 4. The number of anilines is 1. The lowest BCUT2D eigenvalue weighted by Gasteiger charge is -2.22. The molecule has 3 aromatic rings. The summed E-state index contributed by atoms with van der Waals surface area (Å²) in [6, 6.07) is 13.8. The summed E-state index contributed by atoms with van der Waals surface area (Å²) in [5.41, 5.74) is 3.54. The van der Waals surface area contributed by atoms with E-state index in [1.165, 1.54) is 0 Å². The number of carbonyl (C=O) groups is 1. The molecule has 132 valence electrons. The van der Waals surface area contributed by atoms with E-state index < -0.39 is 0 Å². The van der Waals surface area contributed by atoms with Gasteiger partial charge in [-0.15, -0.1) is 0 Å². The van der Waals surface area contributed by atoms with Crippen molar-refractivity contribution < 1.29 is 4.79 Å². The fraction of sp³-hybridized carbons (Fsp3) is 0.250. The predicted octanol–water partition coefficient (Wildman–Crippen LogP) is 2.67. The van der Waals surface area contributed by atoms with Crippen molar-refractivity contribution in [2.75, 3.05) is 25.0 Å². The molecule has 2 aromatic heterocycles. The monoisotopic (exact) mass is 347 g/mol. The lowest BCUT2D eigenvalue weighted by Crippen LogP contribution is -2.35. The van der Waals surface area contributed by atoms with Crippen LogP contribution in [0.2, 0.25) is 0 Å². The number of para-hydroxylation sites is 1. The van der Waals surface area contributed by atoms with Crippen LogP contribution in [0, 0.1) is 6.92 Å². The van der Waals surface area contributed by atoms with Crippen molar-refractivity contribution >= 4 is 11.6 Å². The molecule has 0 saturated carbocycles. The summed E-state index contributed by atoms with van der Waals surface area (Å²) in [6.07, 6.45) is 3.36. The van der Waals surface area contributed by atoms with Crippen LogP contribution in [0.4, 0.5) is 5.69 Å². The topological polar surface area (TPSA) is 54.3 Å². The summed E-state index contributed by atoms with van der Waals surface area (Å²) in [5.74, 6) is 0.687. The van der Waals surface area contributed by atoms with Gasteiger partial charge in [0.15, 0.2) is 5.82 Å². The number of aromatic nitrogens is 3. The highest BCUT2D eigenvalue weighted by molar-refractivity contribution is 6.07. The van der Waals surface area contributed by atoms with Crippen molar-refractivity contribution in [2.24, 2.45) is 0 Å². The minimum Gasteiger partial charge on any atom is -0.307 e. The Morgan fingerprint density at radius 2 is 1.88 bits per heavy atom. The third-order valence-corrected chi connectivity index (χ3v) is 4.78. The van der Waals surface area contributed by atoms with E-state index in [4.69, 9.17) is 0 Å². The molecule has 4 rings (SSSR count). The van der Waals surface area contributed by atoms with Gasteiger partial charge in [-0.3, -0.25) is 4.79 Å². The second-order valence-electron chi connectivity index (χ2n) is 6.57. The molecule has 6 nitrogen and oxygen atoms in total. The summed E-state index contributed by atoms with van der Waals surface area (Å²) < 4.78 is 1.71. The van der Waals surface area contributed by atoms with Gasteiger partial charge in [0.2, 0.25) is 0 Å². The molecule has 0 radical (unpaired) electrons. The average Bonchev–Trinajstić information content (AvgIpc) is 2.96. The molecule has 1 aromatic carbocycles. The van der Waals surface area contributed by atoms with E-state index in [1.807, 2.05) is 48.2 Å². The maximum Gasteiger partial charge on any atom is 0.261 e. The number of benzene rings is 1. The standard InChI is InChI=1S/C20H21N5O/c1-15-17(13-22-25(15)19-9-5-6-10-21-19)20(26)24-12-11-23(2)14-16-7-3-4-8-18(16)24/h3-10,13H,11-12,14H2,1-2H3. The zero-order chi connectivity index (χ0) is 18.1. The molecule has 0 fully saturated rings. The van der Waals surface area contributed by atoms with E-state index in [0.717, 1.165) is 30.0 Å². The van der Waals surface area contributed by atoms with E-state index in [1.54, 1.807) is 17.1 Å². The quantitative estimate of drug-likeness (QED) is 0.715. The van der Waals surface area contributed by atoms with Crippen LogP contribution in [0.15, 0.2) is 54.9 Å². The van der Waals surface area contributed by atoms with Gasteiger partial charge < -0.3 is 9.80 Å². The summed E-state index contributed by atoms with van der Waals surface area (Å²) >= 11 is 0. The van der Waals surface area contributed by atoms with Gasteiger partial charge in [-0.25, -0.2) is 9.67 Å². The smallest absolute Gasteiger partial charge is 0.261 e. The molecule has 0 spiro atoms. The molecule has 0 bridgehead atoms. The van der Waals surface area contributed by atoms with Gasteiger partial charge in [0.05, 0.1) is 17.5 Å². The molecule has 1 aliphatic heterocycles. The Balaban J connectivity index is 1.72. The molecule has 0 atom stereocenters. The summed E-state index contributed by atoms with van der Waals surface area (Å²) in [5, 5.41) is 4.39. The minimum atomic E-state index is -0.0209. The Hall–Kier alpha value is -2.99. The Morgan fingerprint density at radius 1 is 1.08 bits per heavy atom. The van der Waals surface area contributed by atoms with E-state index in [2.05, 4.69) is 28.1 Å². The third kappa shape index (κ3) is 2.88. The Bertz CT molecular complexity index is 934. The normalized spacial score (nSPS) is 14.8. The number of hydrogen-bond donors (Lipinski definition) is 0. The van der Waals surface area contributed by atoms with Gasteiger partial charge in [0, 0.05) is 31.5 Å². The number of nitrogens with zero attached hydrogens (tertiary/aromatic N) is 5. The van der Waals surface area contributed by atoms with Crippen molar-refractivity contribution in [1.29, 1.82) is 0 Å². The average molecular weight is 347 g/mol. The molecule has 26 heavy (non-hydrogen) atoms. The van der Waals surface area contributed by atoms with Gasteiger partial charge in [-0.1, -0.05) is 24.3 Å². The van der Waals surface area contributed by atoms with Gasteiger partial charge in [-0.2, -0.15) is 5.10 Å². The largest absolute Gasteiger partial charge is 0.307 e. The molecule has 1 aliphatic rings. The van der Waals surface area contributed by atoms with Crippen LogP contribution in [0.3, 0.4) is 0 Å². The van der Waals surface area contributed by atoms with Crippen LogP contribution < -0.4 is 4.90 Å². The van der Waals surface area contributed by atoms with Crippen molar-refractivity contribution in [1.82, 2.24) is 19.7 Å². The van der Waals surface area contributed by atoms with E-state index >= 15 is 0 Å². The number of likely N-dealkylation sites (N-methyl/N-ethyl adjacent to an activating group) is 1. The summed E-state index contributed by atoms with van der Waals surface area (Å²) in [6.45, 7) is 4.23. The Kier molecular flexibility index (Phi) is 4.26. The second kappa shape index (κ2) is 6.72. The number of carbonyl (C=O) groups excluding carboxylic acids is 1. The molecule has 0 aliphatic carbocycles. The Labute approximate surface area is 152 Å². The molecular weight excluding hydrogens is 326 g/mol. The molecule has 0 N–H and O–H groups in total. The first-order chi connectivity index (χ1) is 12.6. The first-order valence-corrected chi connectivity index (χ1v) is 8.69. The summed E-state index contributed by atoms with van der Waals surface area (Å²) in [7, 11) is 2.08. The number of pyridine rings is 1. The lowest BCUT2D eigenvalue weighted by molar-refractivity contribution is 0.0985. The summed E-state index contributed by atoms with van der Waals surface area (Å²) in [4.78, 5) is 21.7. The highest BCUT2D eigenvalue weighted by Crippen LogP contribution is 2.27. The van der Waals surface area contributed by atoms with Gasteiger partial charge in [0.1, 0.15) is 0 Å². The highest BCUT2D eigenvalue weighted by Gasteiger charge is 2.26. The van der Waals surface area contributed by atoms with E-state index in [9.17, 15) is 4.79 Å². The van der Waals surface area contributed by atoms with Crippen LogP contribution in [0.1, 0.15) is 21.6 Å². The van der Waals surface area contributed by atoms with Crippen LogP contribution in [0.25, 0.3) is 5.82 Å². The van der Waals surface area contributed by atoms with Crippen LogP contribution >= 0.6 is 0 Å². The van der Waals surface area contributed by atoms with Crippen LogP contribution in [-0.4, -0.2) is 45.7 Å². The van der Waals surface area contributed by atoms with Crippen molar-refractivity contribution in [3.8, 4) is 5.82 Å². The van der Waals surface area contributed by atoms with Gasteiger partial charge in [0.25, 0.3) is 5.91 Å². The zero-order valence-electron chi connectivity index (χ0n) is 15.0. The fourth-order valence-corrected chi connectivity index (χ4v) is 3.35. The fourth-order valence-electron chi connectivity index (χ4n) is 3.35. The SMILES string of the molecule is Cc1c(C(=O)N2CCN(C)Cc3ccccc32)cnn1-c1ccccn1. The number of rotatable bonds is 2. The first kappa shape index (κ1) is 16.5. The molecule has 0 unspecified atom stereocenters. The van der Waals surface area contributed by atoms with Crippen molar-refractivity contribution in [3.63, 3.8) is 0 Å². The zero-order valence-corrected chi connectivity index (χ0v) is 15.0. The predicted molar refractivity (Wildman–Crippen MR) is 101 cm³/mol. The van der Waals surface area contributed by atoms with E-state index in [0.29, 0.717) is 17.9 Å². The molecule has 1 amide bonds. The number of fused-ring (bicyclic) bond motifs is 1.